The molecule has 50 valence electrons. The zero-order valence-electron chi connectivity index (χ0n) is 5.80. The molecule has 9 heavy (non-hydrogen) atoms. The first-order valence-corrected chi connectivity index (χ1v) is 2.96. The third-order valence-electron chi connectivity index (χ3n) is 0.958. The molecule has 0 aromatic carbocycles. The summed E-state index contributed by atoms with van der Waals surface area (Å²) in [5, 5.41) is 0. The van der Waals surface area contributed by atoms with Crippen LogP contribution in [0.4, 0.5) is 0 Å². The predicted molar refractivity (Wildman–Crippen MR) is 41.9 cm³/mol. The van der Waals surface area contributed by atoms with Crippen molar-refractivity contribution in [2.75, 3.05) is 0 Å². The Morgan fingerprint density at radius 1 is 1.67 bits per heavy atom. The van der Waals surface area contributed by atoms with Crippen LogP contribution in [0.3, 0.4) is 0 Å². The van der Waals surface area contributed by atoms with E-state index in [1.165, 1.54) is 11.8 Å². The summed E-state index contributed by atoms with van der Waals surface area (Å²) in [6, 6.07) is 0. The van der Waals surface area contributed by atoms with Gasteiger partial charge in [0.25, 0.3) is 0 Å². The number of hydrogen-bond donors (Lipinski definition) is 1. The van der Waals surface area contributed by atoms with Gasteiger partial charge >= 0.3 is 0 Å². The normalized spacial score (nSPS) is 12.3. The van der Waals surface area contributed by atoms with Gasteiger partial charge in [-0.2, -0.15) is 0 Å². The largest absolute Gasteiger partial charge is 0.405 e. The maximum atomic E-state index is 5.12. The second kappa shape index (κ2) is 5.16. The second-order valence-electron chi connectivity index (χ2n) is 1.89. The molecule has 0 aromatic rings. The Balaban J connectivity index is 3.68. The van der Waals surface area contributed by atoms with Gasteiger partial charge in [-0.05, 0) is 25.6 Å². The summed E-state index contributed by atoms with van der Waals surface area (Å²) in [7, 11) is 0. The summed E-state index contributed by atoms with van der Waals surface area (Å²) in [6.07, 6.45) is 8.12. The summed E-state index contributed by atoms with van der Waals surface area (Å²) in [4.78, 5) is 0. The minimum atomic E-state index is 0.935. The number of hydrogen-bond acceptors (Lipinski definition) is 1. The minimum absolute atomic E-state index is 0.935. The monoisotopic (exact) mass is 123 g/mol. The van der Waals surface area contributed by atoms with Crippen LogP contribution in [0.25, 0.3) is 0 Å². The SMILES string of the molecule is C=CC/C(C)=C/C=C\N. The van der Waals surface area contributed by atoms with E-state index in [2.05, 4.69) is 6.58 Å². The van der Waals surface area contributed by atoms with E-state index in [0.717, 1.165) is 6.42 Å². The third-order valence-corrected chi connectivity index (χ3v) is 0.958. The molecule has 0 aliphatic heterocycles. The molecule has 0 amide bonds. The van der Waals surface area contributed by atoms with Gasteiger partial charge in [0.15, 0.2) is 0 Å². The van der Waals surface area contributed by atoms with E-state index in [9.17, 15) is 0 Å². The molecular weight excluding hydrogens is 110 g/mol. The van der Waals surface area contributed by atoms with Gasteiger partial charge < -0.3 is 5.73 Å². The molecule has 2 N–H and O–H groups in total. The van der Waals surface area contributed by atoms with Gasteiger partial charge in [-0.25, -0.2) is 0 Å². The molecule has 0 saturated heterocycles. The van der Waals surface area contributed by atoms with Crippen molar-refractivity contribution in [3.05, 3.63) is 36.6 Å². The Labute approximate surface area is 56.6 Å². The van der Waals surface area contributed by atoms with Crippen LogP contribution in [-0.2, 0) is 0 Å². The van der Waals surface area contributed by atoms with Crippen molar-refractivity contribution in [2.24, 2.45) is 5.73 Å². The summed E-state index contributed by atoms with van der Waals surface area (Å²) in [5.41, 5.74) is 6.39. The van der Waals surface area contributed by atoms with E-state index in [1.54, 1.807) is 0 Å². The molecule has 0 aliphatic carbocycles. The second-order valence-corrected chi connectivity index (χ2v) is 1.89. The van der Waals surface area contributed by atoms with Gasteiger partial charge in [0, 0.05) is 0 Å². The Kier molecular flexibility index (Phi) is 4.60. The number of allylic oxidation sites excluding steroid dienone is 4. The van der Waals surface area contributed by atoms with Crippen molar-refractivity contribution in [1.29, 1.82) is 0 Å². The summed E-state index contributed by atoms with van der Waals surface area (Å²) < 4.78 is 0. The van der Waals surface area contributed by atoms with Crippen molar-refractivity contribution >= 4 is 0 Å². The van der Waals surface area contributed by atoms with Crippen LogP contribution in [0.2, 0.25) is 0 Å². The molecule has 0 aromatic heterocycles. The van der Waals surface area contributed by atoms with Gasteiger partial charge in [0.05, 0.1) is 0 Å². The van der Waals surface area contributed by atoms with Crippen LogP contribution in [0.1, 0.15) is 13.3 Å². The molecule has 0 heterocycles. The van der Waals surface area contributed by atoms with E-state index in [4.69, 9.17) is 5.73 Å². The van der Waals surface area contributed by atoms with Crippen LogP contribution in [0.15, 0.2) is 36.6 Å². The first kappa shape index (κ1) is 8.02. The van der Waals surface area contributed by atoms with Crippen LogP contribution in [-0.4, -0.2) is 0 Å². The molecule has 0 bridgehead atoms. The third kappa shape index (κ3) is 4.88. The van der Waals surface area contributed by atoms with Crippen molar-refractivity contribution in [1.82, 2.24) is 0 Å². The number of nitrogens with two attached hydrogens (primary N) is 1. The summed E-state index contributed by atoms with van der Waals surface area (Å²) in [5.74, 6) is 0. The Hall–Kier alpha value is -0.980. The molecule has 0 rings (SSSR count). The highest BCUT2D eigenvalue weighted by molar-refractivity contribution is 5.11. The first-order valence-electron chi connectivity index (χ1n) is 2.96. The fourth-order valence-electron chi connectivity index (χ4n) is 0.516. The Bertz CT molecular complexity index is 132. The quantitative estimate of drug-likeness (QED) is 0.450. The fraction of sp³-hybridized carbons (Fsp3) is 0.250. The fourth-order valence-corrected chi connectivity index (χ4v) is 0.516. The van der Waals surface area contributed by atoms with Crippen molar-refractivity contribution < 1.29 is 0 Å². The average Bonchev–Trinajstić information content (AvgIpc) is 1.85. The van der Waals surface area contributed by atoms with Gasteiger partial charge in [-0.15, -0.1) is 6.58 Å². The highest BCUT2D eigenvalue weighted by Gasteiger charge is 1.78. The smallest absolute Gasteiger partial charge is 0.00624 e. The van der Waals surface area contributed by atoms with E-state index in [-0.39, 0.29) is 0 Å². The van der Waals surface area contributed by atoms with Crippen molar-refractivity contribution in [3.8, 4) is 0 Å². The zero-order valence-corrected chi connectivity index (χ0v) is 5.80. The first-order chi connectivity index (χ1) is 4.31. The maximum Gasteiger partial charge on any atom is -0.00624 e. The van der Waals surface area contributed by atoms with E-state index < -0.39 is 0 Å². The molecule has 0 saturated carbocycles. The maximum absolute atomic E-state index is 5.12. The lowest BCUT2D eigenvalue weighted by Crippen LogP contribution is -1.75. The lowest BCUT2D eigenvalue weighted by atomic mass is 10.2. The van der Waals surface area contributed by atoms with Crippen molar-refractivity contribution in [3.63, 3.8) is 0 Å². The van der Waals surface area contributed by atoms with Gasteiger partial charge in [-0.3, -0.25) is 0 Å². The molecular formula is C8H13N. The number of rotatable bonds is 3. The Morgan fingerprint density at radius 2 is 2.33 bits per heavy atom. The zero-order chi connectivity index (χ0) is 7.11. The van der Waals surface area contributed by atoms with E-state index in [0.29, 0.717) is 0 Å². The lowest BCUT2D eigenvalue weighted by molar-refractivity contribution is 1.22. The standard InChI is InChI=1S/C8H13N/c1-3-5-8(2)6-4-7-9/h3-4,6-7H,1,5,9H2,2H3/b7-4-,8-6+. The molecule has 0 aliphatic rings. The molecule has 0 fully saturated rings. The summed E-state index contributed by atoms with van der Waals surface area (Å²) in [6.45, 7) is 5.66. The van der Waals surface area contributed by atoms with Crippen LogP contribution in [0, 0.1) is 0 Å². The molecule has 0 radical (unpaired) electrons. The topological polar surface area (TPSA) is 26.0 Å². The highest BCUT2D eigenvalue weighted by atomic mass is 14.5. The lowest BCUT2D eigenvalue weighted by Gasteiger charge is -1.88. The summed E-state index contributed by atoms with van der Waals surface area (Å²) >= 11 is 0. The van der Waals surface area contributed by atoms with Gasteiger partial charge in [-0.1, -0.05) is 17.7 Å². The van der Waals surface area contributed by atoms with Gasteiger partial charge in [0.2, 0.25) is 0 Å². The van der Waals surface area contributed by atoms with E-state index in [1.807, 2.05) is 25.2 Å². The molecule has 1 nitrogen and oxygen atoms in total. The van der Waals surface area contributed by atoms with Crippen molar-refractivity contribution in [2.45, 2.75) is 13.3 Å². The molecule has 1 heteroatoms. The predicted octanol–water partition coefficient (Wildman–Crippen LogP) is 1.98. The van der Waals surface area contributed by atoms with Gasteiger partial charge in [0.1, 0.15) is 0 Å². The highest BCUT2D eigenvalue weighted by Crippen LogP contribution is 1.98. The average molecular weight is 123 g/mol. The van der Waals surface area contributed by atoms with E-state index >= 15 is 0 Å². The van der Waals surface area contributed by atoms with Crippen LogP contribution < -0.4 is 5.73 Å². The Morgan fingerprint density at radius 3 is 2.78 bits per heavy atom. The van der Waals surface area contributed by atoms with Crippen LogP contribution >= 0.6 is 0 Å². The molecule has 0 unspecified atom stereocenters. The molecule has 0 spiro atoms. The molecule has 0 atom stereocenters. The van der Waals surface area contributed by atoms with Crippen LogP contribution in [0.5, 0.6) is 0 Å². The minimum Gasteiger partial charge on any atom is -0.405 e.